The molecule has 2 aliphatic rings. The minimum Gasteiger partial charge on any atom is -0.494 e. The lowest BCUT2D eigenvalue weighted by molar-refractivity contribution is 0.0683. The van der Waals surface area contributed by atoms with Crippen molar-refractivity contribution >= 4 is 10.9 Å². The van der Waals surface area contributed by atoms with Crippen molar-refractivity contribution < 1.29 is 14.9 Å². The molecule has 1 aromatic carbocycles. The number of nitrogens with one attached hydrogen (secondary N) is 1. The Balaban J connectivity index is 1.77. The largest absolute Gasteiger partial charge is 0.494 e. The quantitative estimate of drug-likeness (QED) is 0.641. The Morgan fingerprint density at radius 3 is 2.57 bits per heavy atom. The Hall–Kier alpha value is -2.47. The molecule has 0 aliphatic carbocycles. The number of benzene rings is 1. The smallest absolute Gasteiger partial charge is 0.205 e. The van der Waals surface area contributed by atoms with Gasteiger partial charge in [-0.05, 0) is 31.0 Å². The number of hydrogen-bond donors (Lipinski definition) is 3. The lowest BCUT2D eigenvalue weighted by atomic mass is 9.95. The Morgan fingerprint density at radius 1 is 1.14 bits per heavy atom. The molecule has 2 aromatic heterocycles. The summed E-state index contributed by atoms with van der Waals surface area (Å²) in [4.78, 5) is 0. The third kappa shape index (κ3) is 1.28. The predicted molar refractivity (Wildman–Crippen MR) is 74.6 cm³/mol. The van der Waals surface area contributed by atoms with E-state index in [1.165, 1.54) is 4.57 Å². The summed E-state index contributed by atoms with van der Waals surface area (Å²) in [6.07, 6.45) is 3.34. The molecular formula is C15H13N3O3. The molecule has 6 nitrogen and oxygen atoms in total. The average molecular weight is 283 g/mol. The molecule has 0 saturated carbocycles. The van der Waals surface area contributed by atoms with Gasteiger partial charge in [-0.1, -0.05) is 0 Å². The summed E-state index contributed by atoms with van der Waals surface area (Å²) in [5.74, 6) is 0.162. The van der Waals surface area contributed by atoms with E-state index in [1.54, 1.807) is 6.20 Å². The molecular weight excluding hydrogens is 270 g/mol. The van der Waals surface area contributed by atoms with Gasteiger partial charge in [0, 0.05) is 5.39 Å². The standard InChI is InChI=1S/C15H13N3O3/c19-14-12-10-3-4-11(21-10)13(12)15(20)18(14)8-1-2-9-7(5-8)6-16-17-9/h1-2,5-6,10-11,19-20H,3-4H2,(H,16,17)/t10-,11+. The van der Waals surface area contributed by atoms with Crippen LogP contribution in [0.15, 0.2) is 24.4 Å². The molecule has 4 heterocycles. The van der Waals surface area contributed by atoms with E-state index in [-0.39, 0.29) is 24.0 Å². The van der Waals surface area contributed by atoms with Crippen LogP contribution in [0, 0.1) is 0 Å². The van der Waals surface area contributed by atoms with Gasteiger partial charge in [-0.2, -0.15) is 5.10 Å². The summed E-state index contributed by atoms with van der Waals surface area (Å²) >= 11 is 0. The van der Waals surface area contributed by atoms with E-state index in [4.69, 9.17) is 4.74 Å². The highest BCUT2D eigenvalue weighted by Gasteiger charge is 2.45. The molecule has 6 heteroatoms. The Morgan fingerprint density at radius 2 is 1.86 bits per heavy atom. The van der Waals surface area contributed by atoms with Crippen molar-refractivity contribution in [1.29, 1.82) is 0 Å². The molecule has 1 saturated heterocycles. The van der Waals surface area contributed by atoms with Gasteiger partial charge in [-0.15, -0.1) is 0 Å². The summed E-state index contributed by atoms with van der Waals surface area (Å²) in [5.41, 5.74) is 3.13. The lowest BCUT2D eigenvalue weighted by Crippen LogP contribution is -1.96. The number of aromatic amines is 1. The van der Waals surface area contributed by atoms with Gasteiger partial charge in [0.2, 0.25) is 11.8 Å². The second-order valence-corrected chi connectivity index (χ2v) is 5.64. The van der Waals surface area contributed by atoms with Crippen molar-refractivity contribution in [1.82, 2.24) is 14.8 Å². The van der Waals surface area contributed by atoms with E-state index in [2.05, 4.69) is 10.2 Å². The zero-order valence-electron chi connectivity index (χ0n) is 11.1. The first-order valence-corrected chi connectivity index (χ1v) is 6.99. The lowest BCUT2D eigenvalue weighted by Gasteiger charge is -2.10. The van der Waals surface area contributed by atoms with Crippen LogP contribution in [0.25, 0.3) is 16.6 Å². The van der Waals surface area contributed by atoms with Gasteiger partial charge in [0.1, 0.15) is 0 Å². The van der Waals surface area contributed by atoms with E-state index in [0.29, 0.717) is 5.69 Å². The molecule has 3 aromatic rings. The van der Waals surface area contributed by atoms with Crippen molar-refractivity contribution in [2.45, 2.75) is 25.0 Å². The predicted octanol–water partition coefficient (Wildman–Crippen LogP) is 2.67. The highest BCUT2D eigenvalue weighted by Crippen LogP contribution is 2.58. The first-order valence-electron chi connectivity index (χ1n) is 6.99. The number of fused-ring (bicyclic) bond motifs is 6. The van der Waals surface area contributed by atoms with Crippen LogP contribution in [0.1, 0.15) is 36.2 Å². The number of ether oxygens (including phenoxy) is 1. The van der Waals surface area contributed by atoms with Crippen LogP contribution in [0.2, 0.25) is 0 Å². The number of hydrogen-bond acceptors (Lipinski definition) is 4. The van der Waals surface area contributed by atoms with Crippen molar-refractivity contribution in [3.63, 3.8) is 0 Å². The zero-order chi connectivity index (χ0) is 14.1. The fourth-order valence-corrected chi connectivity index (χ4v) is 3.59. The molecule has 2 bridgehead atoms. The number of aromatic hydroxyl groups is 2. The second kappa shape index (κ2) is 3.59. The van der Waals surface area contributed by atoms with Crippen molar-refractivity contribution in [3.05, 3.63) is 35.5 Å². The second-order valence-electron chi connectivity index (χ2n) is 5.64. The maximum absolute atomic E-state index is 10.5. The monoisotopic (exact) mass is 283 g/mol. The normalized spacial score (nSPS) is 23.0. The molecule has 0 amide bonds. The third-order valence-electron chi connectivity index (χ3n) is 4.54. The van der Waals surface area contributed by atoms with E-state index in [0.717, 1.165) is 34.9 Å². The fourth-order valence-electron chi connectivity index (χ4n) is 3.59. The van der Waals surface area contributed by atoms with Crippen LogP contribution in [0.5, 0.6) is 11.8 Å². The highest BCUT2D eigenvalue weighted by molar-refractivity contribution is 5.80. The maximum Gasteiger partial charge on any atom is 0.205 e. The molecule has 1 fully saturated rings. The van der Waals surface area contributed by atoms with Crippen LogP contribution in [-0.4, -0.2) is 25.0 Å². The van der Waals surface area contributed by atoms with E-state index < -0.39 is 0 Å². The molecule has 2 aliphatic heterocycles. The van der Waals surface area contributed by atoms with Crippen LogP contribution < -0.4 is 0 Å². The molecule has 3 N–H and O–H groups in total. The molecule has 106 valence electrons. The minimum absolute atomic E-state index is 0.0811. The van der Waals surface area contributed by atoms with Gasteiger partial charge in [-0.3, -0.25) is 9.67 Å². The van der Waals surface area contributed by atoms with Gasteiger partial charge in [0.05, 0.1) is 40.7 Å². The van der Waals surface area contributed by atoms with E-state index in [9.17, 15) is 10.2 Å². The van der Waals surface area contributed by atoms with Gasteiger partial charge in [-0.25, -0.2) is 0 Å². The highest BCUT2D eigenvalue weighted by atomic mass is 16.5. The van der Waals surface area contributed by atoms with Crippen molar-refractivity contribution in [2.24, 2.45) is 0 Å². The Bertz CT molecular complexity index is 846. The van der Waals surface area contributed by atoms with Gasteiger partial charge in [0.25, 0.3) is 0 Å². The first kappa shape index (κ1) is 11.2. The van der Waals surface area contributed by atoms with Crippen LogP contribution in [0.4, 0.5) is 0 Å². The summed E-state index contributed by atoms with van der Waals surface area (Å²) in [5, 5.41) is 28.9. The first-order chi connectivity index (χ1) is 10.2. The number of aromatic nitrogens is 3. The molecule has 0 spiro atoms. The molecule has 0 unspecified atom stereocenters. The van der Waals surface area contributed by atoms with E-state index >= 15 is 0 Å². The summed E-state index contributed by atoms with van der Waals surface area (Å²) < 4.78 is 7.24. The molecule has 5 rings (SSSR count). The number of rotatable bonds is 1. The molecule has 21 heavy (non-hydrogen) atoms. The Labute approximate surface area is 119 Å². The third-order valence-corrected chi connectivity index (χ3v) is 4.54. The molecule has 0 radical (unpaired) electrons. The average Bonchev–Trinajstić information content (AvgIpc) is 3.22. The number of H-pyrrole nitrogens is 1. The number of nitrogens with zero attached hydrogens (tertiary/aromatic N) is 2. The van der Waals surface area contributed by atoms with Gasteiger partial charge in [0.15, 0.2) is 0 Å². The minimum atomic E-state index is -0.0881. The van der Waals surface area contributed by atoms with E-state index in [1.807, 2.05) is 18.2 Å². The summed E-state index contributed by atoms with van der Waals surface area (Å²) in [6.45, 7) is 0. The van der Waals surface area contributed by atoms with Crippen LogP contribution >= 0.6 is 0 Å². The SMILES string of the molecule is Oc1c2c(c(O)n1-c1ccc3[nH]ncc3c1)[C@H]1CC[C@@H]2O1. The maximum atomic E-state index is 10.5. The van der Waals surface area contributed by atoms with Gasteiger partial charge >= 0.3 is 0 Å². The Kier molecular flexibility index (Phi) is 1.92. The molecule has 2 atom stereocenters. The van der Waals surface area contributed by atoms with Gasteiger partial charge < -0.3 is 14.9 Å². The van der Waals surface area contributed by atoms with Crippen molar-refractivity contribution in [2.75, 3.05) is 0 Å². The van der Waals surface area contributed by atoms with Crippen LogP contribution in [-0.2, 0) is 4.74 Å². The van der Waals surface area contributed by atoms with Crippen LogP contribution in [0.3, 0.4) is 0 Å². The van der Waals surface area contributed by atoms with Crippen molar-refractivity contribution in [3.8, 4) is 17.4 Å². The summed E-state index contributed by atoms with van der Waals surface area (Å²) in [6, 6.07) is 5.61. The fraction of sp³-hybridized carbons (Fsp3) is 0.267. The zero-order valence-corrected chi connectivity index (χ0v) is 11.1. The summed E-state index contributed by atoms with van der Waals surface area (Å²) in [7, 11) is 0. The topological polar surface area (TPSA) is 83.3 Å².